The summed E-state index contributed by atoms with van der Waals surface area (Å²) in [4.78, 5) is 32.5. The molecule has 166 valence electrons. The molecule has 0 aliphatic heterocycles. The lowest BCUT2D eigenvalue weighted by atomic mass is 9.84. The molecule has 0 spiro atoms. The van der Waals surface area contributed by atoms with Crippen molar-refractivity contribution >= 4 is 11.8 Å². The molecule has 32 heavy (non-hydrogen) atoms. The summed E-state index contributed by atoms with van der Waals surface area (Å²) < 4.78 is 35.7. The van der Waals surface area contributed by atoms with Gasteiger partial charge in [-0.15, -0.1) is 0 Å². The first kappa shape index (κ1) is 21.7. The maximum absolute atomic E-state index is 13.1. The second kappa shape index (κ2) is 9.30. The van der Waals surface area contributed by atoms with Gasteiger partial charge in [-0.2, -0.15) is 0 Å². The summed E-state index contributed by atoms with van der Waals surface area (Å²) in [6.45, 7) is -0.767. The molecular formula is C24H22F2N2O4. The van der Waals surface area contributed by atoms with E-state index in [1.807, 2.05) is 30.3 Å². The third-order valence-electron chi connectivity index (χ3n) is 5.52. The minimum absolute atomic E-state index is 0.0594. The molecule has 0 amide bonds. The average Bonchev–Trinajstić information content (AvgIpc) is 3.16. The maximum atomic E-state index is 13.1. The number of alkyl halides is 2. The number of Topliss-reactive ketones (excluding diaryl/α,β-unsaturated/α-hetero) is 1. The molecule has 0 saturated heterocycles. The lowest BCUT2D eigenvalue weighted by Crippen LogP contribution is -2.27. The molecule has 0 saturated carbocycles. The van der Waals surface area contributed by atoms with Crippen molar-refractivity contribution in [1.29, 1.82) is 0 Å². The molecule has 3 aromatic rings. The lowest BCUT2D eigenvalue weighted by molar-refractivity contribution is -0.145. The third-order valence-corrected chi connectivity index (χ3v) is 5.52. The summed E-state index contributed by atoms with van der Waals surface area (Å²) in [6.07, 6.45) is 1.12. The number of nitrogens with one attached hydrogen (secondary N) is 1. The maximum Gasteiger partial charge on any atom is 0.309 e. The van der Waals surface area contributed by atoms with E-state index < -0.39 is 24.9 Å². The number of fused-ring (bicyclic) bond motifs is 1. The molecule has 4 rings (SSSR count). The zero-order valence-corrected chi connectivity index (χ0v) is 17.4. The molecule has 1 unspecified atom stereocenters. The number of hydrogen-bond donors (Lipinski definition) is 1. The predicted molar refractivity (Wildman–Crippen MR) is 113 cm³/mol. The molecule has 6 nitrogen and oxygen atoms in total. The SMILES string of the molecule is COC(=O)C1CC(=O)c2c([nH]c(-c3ccncc3OCC(F)F)c2Cc2ccccc2)C1. The highest BCUT2D eigenvalue weighted by Crippen LogP contribution is 2.39. The van der Waals surface area contributed by atoms with Gasteiger partial charge in [0, 0.05) is 42.3 Å². The number of hydrogen-bond acceptors (Lipinski definition) is 5. The molecule has 1 aliphatic carbocycles. The molecule has 8 heteroatoms. The Hall–Kier alpha value is -3.55. The summed E-state index contributed by atoms with van der Waals surface area (Å²) in [5.74, 6) is -0.963. The fourth-order valence-corrected chi connectivity index (χ4v) is 4.12. The number of carbonyl (C=O) groups is 2. The van der Waals surface area contributed by atoms with E-state index in [9.17, 15) is 18.4 Å². The number of H-pyrrole nitrogens is 1. The van der Waals surface area contributed by atoms with Crippen molar-refractivity contribution in [3.05, 3.63) is 71.2 Å². The summed E-state index contributed by atoms with van der Waals surface area (Å²) in [5.41, 5.74) is 4.04. The molecule has 1 atom stereocenters. The van der Waals surface area contributed by atoms with Crippen molar-refractivity contribution in [2.45, 2.75) is 25.7 Å². The first-order valence-electron chi connectivity index (χ1n) is 10.2. The van der Waals surface area contributed by atoms with Gasteiger partial charge < -0.3 is 14.5 Å². The topological polar surface area (TPSA) is 81.3 Å². The van der Waals surface area contributed by atoms with Gasteiger partial charge in [0.2, 0.25) is 0 Å². The Morgan fingerprint density at radius 2 is 2.00 bits per heavy atom. The van der Waals surface area contributed by atoms with E-state index in [0.29, 0.717) is 35.4 Å². The van der Waals surface area contributed by atoms with Crippen LogP contribution >= 0.6 is 0 Å². The first-order chi connectivity index (χ1) is 15.5. The van der Waals surface area contributed by atoms with Crippen molar-refractivity contribution in [1.82, 2.24) is 9.97 Å². The Labute approximate surface area is 183 Å². The Morgan fingerprint density at radius 3 is 2.72 bits per heavy atom. The molecule has 1 aromatic carbocycles. The van der Waals surface area contributed by atoms with Crippen LogP contribution in [0.3, 0.4) is 0 Å². The van der Waals surface area contributed by atoms with E-state index in [2.05, 4.69) is 9.97 Å². The van der Waals surface area contributed by atoms with Crippen LogP contribution in [0.5, 0.6) is 5.75 Å². The van der Waals surface area contributed by atoms with Gasteiger partial charge in [0.05, 0.1) is 24.9 Å². The molecule has 1 N–H and O–H groups in total. The predicted octanol–water partition coefficient (Wildman–Crippen LogP) is 4.23. The number of benzene rings is 1. The summed E-state index contributed by atoms with van der Waals surface area (Å²) in [6, 6.07) is 11.3. The fourth-order valence-electron chi connectivity index (χ4n) is 4.12. The second-order valence-corrected chi connectivity index (χ2v) is 7.62. The second-order valence-electron chi connectivity index (χ2n) is 7.62. The van der Waals surface area contributed by atoms with E-state index >= 15 is 0 Å². The van der Waals surface area contributed by atoms with E-state index in [0.717, 1.165) is 11.1 Å². The van der Waals surface area contributed by atoms with Crippen LogP contribution in [0.1, 0.15) is 33.6 Å². The standard InChI is InChI=1S/C24H22F2N2O4/c1-31-24(30)15-10-18-22(19(29)11-15)17(9-14-5-3-2-4-6-14)23(28-18)16-7-8-27-12-20(16)32-13-21(25)26/h2-8,12,15,21,28H,9-11,13H2,1H3. The van der Waals surface area contributed by atoms with Crippen LogP contribution in [-0.2, 0) is 22.4 Å². The Balaban J connectivity index is 1.83. The van der Waals surface area contributed by atoms with Crippen LogP contribution in [-0.4, -0.2) is 41.9 Å². The minimum Gasteiger partial charge on any atom is -0.485 e. The average molecular weight is 440 g/mol. The largest absolute Gasteiger partial charge is 0.485 e. The number of halogens is 2. The number of nitrogens with zero attached hydrogens (tertiary/aromatic N) is 1. The number of esters is 1. The van der Waals surface area contributed by atoms with Gasteiger partial charge in [0.25, 0.3) is 6.43 Å². The van der Waals surface area contributed by atoms with E-state index in [-0.39, 0.29) is 18.0 Å². The van der Waals surface area contributed by atoms with Crippen molar-refractivity contribution in [3.63, 3.8) is 0 Å². The monoisotopic (exact) mass is 440 g/mol. The van der Waals surface area contributed by atoms with Crippen molar-refractivity contribution < 1.29 is 27.8 Å². The molecule has 1 aliphatic rings. The molecule has 2 aromatic heterocycles. The minimum atomic E-state index is -2.63. The van der Waals surface area contributed by atoms with Gasteiger partial charge >= 0.3 is 5.97 Å². The highest BCUT2D eigenvalue weighted by molar-refractivity contribution is 6.04. The van der Waals surface area contributed by atoms with Gasteiger partial charge in [-0.3, -0.25) is 14.6 Å². The van der Waals surface area contributed by atoms with Crippen molar-refractivity contribution in [2.24, 2.45) is 5.92 Å². The van der Waals surface area contributed by atoms with Crippen LogP contribution in [0.2, 0.25) is 0 Å². The Morgan fingerprint density at radius 1 is 1.22 bits per heavy atom. The van der Waals surface area contributed by atoms with Crippen LogP contribution < -0.4 is 4.74 Å². The quantitative estimate of drug-likeness (QED) is 0.556. The fraction of sp³-hybridized carbons (Fsp3) is 0.292. The lowest BCUT2D eigenvalue weighted by Gasteiger charge is -2.19. The summed E-state index contributed by atoms with van der Waals surface area (Å²) in [7, 11) is 1.30. The Bertz CT molecular complexity index is 1130. The third kappa shape index (κ3) is 4.39. The van der Waals surface area contributed by atoms with E-state index in [4.69, 9.17) is 9.47 Å². The smallest absolute Gasteiger partial charge is 0.309 e. The highest BCUT2D eigenvalue weighted by atomic mass is 19.3. The Kier molecular flexibility index (Phi) is 6.30. The van der Waals surface area contributed by atoms with E-state index in [1.165, 1.54) is 19.5 Å². The molecule has 0 radical (unpaired) electrons. The molecular weight excluding hydrogens is 418 g/mol. The number of aromatic nitrogens is 2. The number of pyridine rings is 1. The van der Waals surface area contributed by atoms with Gasteiger partial charge in [-0.25, -0.2) is 8.78 Å². The van der Waals surface area contributed by atoms with Crippen LogP contribution in [0.25, 0.3) is 11.3 Å². The number of rotatable bonds is 7. The number of ketones is 1. The van der Waals surface area contributed by atoms with Crippen LogP contribution in [0, 0.1) is 5.92 Å². The number of ether oxygens (including phenoxy) is 2. The normalized spacial score (nSPS) is 15.5. The number of carbonyl (C=O) groups excluding carboxylic acids is 2. The number of methoxy groups -OCH3 is 1. The van der Waals surface area contributed by atoms with Crippen LogP contribution in [0.15, 0.2) is 48.8 Å². The van der Waals surface area contributed by atoms with Crippen molar-refractivity contribution in [3.8, 4) is 17.0 Å². The first-order valence-corrected chi connectivity index (χ1v) is 10.2. The summed E-state index contributed by atoms with van der Waals surface area (Å²) >= 11 is 0. The molecule has 2 heterocycles. The van der Waals surface area contributed by atoms with Gasteiger partial charge in [0.1, 0.15) is 12.4 Å². The van der Waals surface area contributed by atoms with Gasteiger partial charge in [-0.1, -0.05) is 30.3 Å². The molecule has 0 fully saturated rings. The zero-order valence-electron chi connectivity index (χ0n) is 17.4. The van der Waals surface area contributed by atoms with Crippen molar-refractivity contribution in [2.75, 3.05) is 13.7 Å². The zero-order chi connectivity index (χ0) is 22.7. The molecule has 0 bridgehead atoms. The van der Waals surface area contributed by atoms with E-state index in [1.54, 1.807) is 6.07 Å². The van der Waals surface area contributed by atoms with Gasteiger partial charge in [-0.05, 0) is 17.2 Å². The highest BCUT2D eigenvalue weighted by Gasteiger charge is 2.35. The van der Waals surface area contributed by atoms with Gasteiger partial charge in [0.15, 0.2) is 5.78 Å². The summed E-state index contributed by atoms with van der Waals surface area (Å²) in [5, 5.41) is 0. The van der Waals surface area contributed by atoms with Crippen LogP contribution in [0.4, 0.5) is 8.78 Å². The number of aromatic amines is 1.